The first kappa shape index (κ1) is 19.6. The Hall–Kier alpha value is -1.16. The van der Waals surface area contributed by atoms with Crippen molar-refractivity contribution in [2.75, 3.05) is 20.6 Å². The zero-order valence-electron chi connectivity index (χ0n) is 16.8. The van der Waals surface area contributed by atoms with Crippen molar-refractivity contribution in [2.45, 2.75) is 82.2 Å². The summed E-state index contributed by atoms with van der Waals surface area (Å²) < 4.78 is 0. The standard InChI is InChI=1S/C22H37N3O/c1-25(2)21(26)20(23-17-19-12-7-4-8-13-19)22(14-9-15-24-22)16-18-10-5-3-6-11-18/h9,14-15,18-20,23H,3-8,10-13,16-17H2,1-2H3. The predicted octanol–water partition coefficient (Wildman–Crippen LogP) is 3.96. The smallest absolute Gasteiger partial charge is 0.242 e. The highest BCUT2D eigenvalue weighted by Crippen LogP contribution is 2.37. The van der Waals surface area contributed by atoms with Crippen LogP contribution in [0.3, 0.4) is 0 Å². The van der Waals surface area contributed by atoms with Crippen molar-refractivity contribution in [3.05, 3.63) is 12.2 Å². The third-order valence-electron chi connectivity index (χ3n) is 6.65. The Kier molecular flexibility index (Phi) is 6.91. The molecule has 1 heterocycles. The van der Waals surface area contributed by atoms with Gasteiger partial charge in [0.25, 0.3) is 0 Å². The van der Waals surface area contributed by atoms with Crippen LogP contribution < -0.4 is 5.32 Å². The second-order valence-electron chi connectivity index (χ2n) is 8.91. The Balaban J connectivity index is 1.73. The van der Waals surface area contributed by atoms with E-state index < -0.39 is 5.54 Å². The second kappa shape index (κ2) is 9.16. The van der Waals surface area contributed by atoms with Crippen molar-refractivity contribution in [2.24, 2.45) is 16.8 Å². The van der Waals surface area contributed by atoms with Crippen LogP contribution in [0.4, 0.5) is 0 Å². The van der Waals surface area contributed by atoms with Gasteiger partial charge in [-0.05, 0) is 43.7 Å². The monoisotopic (exact) mass is 359 g/mol. The van der Waals surface area contributed by atoms with E-state index in [-0.39, 0.29) is 11.9 Å². The van der Waals surface area contributed by atoms with E-state index in [4.69, 9.17) is 4.99 Å². The Bertz CT molecular complexity index is 501. The summed E-state index contributed by atoms with van der Waals surface area (Å²) in [7, 11) is 3.74. The van der Waals surface area contributed by atoms with E-state index in [2.05, 4.69) is 11.4 Å². The summed E-state index contributed by atoms with van der Waals surface area (Å²) >= 11 is 0. The van der Waals surface area contributed by atoms with E-state index in [9.17, 15) is 4.79 Å². The fraction of sp³-hybridized carbons (Fsp3) is 0.818. The zero-order valence-corrected chi connectivity index (χ0v) is 16.8. The Morgan fingerprint density at radius 2 is 1.69 bits per heavy atom. The summed E-state index contributed by atoms with van der Waals surface area (Å²) in [5.74, 6) is 1.57. The zero-order chi connectivity index (χ0) is 18.4. The number of carbonyl (C=O) groups excluding carboxylic acids is 1. The molecule has 2 fully saturated rings. The molecule has 0 aromatic heterocycles. The summed E-state index contributed by atoms with van der Waals surface area (Å²) in [5, 5.41) is 3.69. The van der Waals surface area contributed by atoms with E-state index in [1.54, 1.807) is 4.90 Å². The average molecular weight is 360 g/mol. The van der Waals surface area contributed by atoms with E-state index in [1.165, 1.54) is 64.2 Å². The van der Waals surface area contributed by atoms with E-state index in [0.29, 0.717) is 11.8 Å². The summed E-state index contributed by atoms with van der Waals surface area (Å²) in [6.45, 7) is 0.944. The number of allylic oxidation sites excluding steroid dienone is 1. The molecule has 1 amide bonds. The Morgan fingerprint density at radius 3 is 2.23 bits per heavy atom. The Labute approximate surface area is 159 Å². The van der Waals surface area contributed by atoms with Crippen LogP contribution in [0, 0.1) is 11.8 Å². The second-order valence-corrected chi connectivity index (χ2v) is 8.91. The van der Waals surface area contributed by atoms with Crippen molar-refractivity contribution in [3.8, 4) is 0 Å². The minimum atomic E-state index is -0.391. The maximum Gasteiger partial charge on any atom is 0.242 e. The molecule has 146 valence electrons. The molecular weight excluding hydrogens is 322 g/mol. The number of nitrogens with one attached hydrogen (secondary N) is 1. The van der Waals surface area contributed by atoms with Gasteiger partial charge >= 0.3 is 0 Å². The van der Waals surface area contributed by atoms with E-state index >= 15 is 0 Å². The molecule has 2 saturated carbocycles. The lowest BCUT2D eigenvalue weighted by atomic mass is 9.76. The van der Waals surface area contributed by atoms with Crippen LogP contribution in [0.25, 0.3) is 0 Å². The number of aliphatic imine (C=N–C) groups is 1. The fourth-order valence-electron chi connectivity index (χ4n) is 5.11. The van der Waals surface area contributed by atoms with Crippen LogP contribution in [-0.4, -0.2) is 49.2 Å². The normalized spacial score (nSPS) is 28.4. The van der Waals surface area contributed by atoms with Gasteiger partial charge in [-0.15, -0.1) is 0 Å². The highest BCUT2D eigenvalue weighted by atomic mass is 16.2. The number of amides is 1. The van der Waals surface area contributed by atoms with Crippen LogP contribution in [0.2, 0.25) is 0 Å². The first-order valence-electron chi connectivity index (χ1n) is 10.8. The average Bonchev–Trinajstić information content (AvgIpc) is 3.12. The van der Waals surface area contributed by atoms with E-state index in [0.717, 1.165) is 13.0 Å². The van der Waals surface area contributed by atoms with Crippen LogP contribution in [0.15, 0.2) is 17.1 Å². The molecule has 0 spiro atoms. The number of hydrogen-bond donors (Lipinski definition) is 1. The highest BCUT2D eigenvalue weighted by molar-refractivity contribution is 5.86. The van der Waals surface area contributed by atoms with Gasteiger partial charge in [-0.25, -0.2) is 0 Å². The van der Waals surface area contributed by atoms with Gasteiger partial charge in [-0.3, -0.25) is 9.79 Å². The summed E-state index contributed by atoms with van der Waals surface area (Å²) in [4.78, 5) is 19.7. The van der Waals surface area contributed by atoms with Gasteiger partial charge in [0.2, 0.25) is 5.91 Å². The first-order chi connectivity index (χ1) is 12.6. The third kappa shape index (κ3) is 4.76. The van der Waals surface area contributed by atoms with Gasteiger partial charge in [0, 0.05) is 20.3 Å². The third-order valence-corrected chi connectivity index (χ3v) is 6.65. The molecule has 0 saturated heterocycles. The summed E-state index contributed by atoms with van der Waals surface area (Å²) in [6.07, 6.45) is 20.4. The van der Waals surface area contributed by atoms with Crippen LogP contribution in [0.1, 0.15) is 70.6 Å². The lowest BCUT2D eigenvalue weighted by Crippen LogP contribution is -2.58. The van der Waals surface area contributed by atoms with Crippen molar-refractivity contribution in [1.82, 2.24) is 10.2 Å². The molecule has 4 heteroatoms. The van der Waals surface area contributed by atoms with Crippen LogP contribution in [0.5, 0.6) is 0 Å². The van der Waals surface area contributed by atoms with Gasteiger partial charge in [-0.1, -0.05) is 57.4 Å². The van der Waals surface area contributed by atoms with Crippen LogP contribution >= 0.6 is 0 Å². The van der Waals surface area contributed by atoms with Gasteiger partial charge in [0.05, 0.1) is 0 Å². The lowest BCUT2D eigenvalue weighted by molar-refractivity contribution is -0.132. The largest absolute Gasteiger partial charge is 0.347 e. The number of nitrogens with zero attached hydrogens (tertiary/aromatic N) is 2. The quantitative estimate of drug-likeness (QED) is 0.748. The number of hydrogen-bond acceptors (Lipinski definition) is 3. The van der Waals surface area contributed by atoms with Crippen LogP contribution in [-0.2, 0) is 4.79 Å². The van der Waals surface area contributed by atoms with Crippen molar-refractivity contribution < 1.29 is 4.79 Å². The molecule has 0 aromatic carbocycles. The number of likely N-dealkylation sites (N-methyl/N-ethyl adjacent to an activating group) is 1. The van der Waals surface area contributed by atoms with Crippen molar-refractivity contribution >= 4 is 12.1 Å². The van der Waals surface area contributed by atoms with Gasteiger partial charge in [-0.2, -0.15) is 0 Å². The molecule has 1 aliphatic heterocycles. The van der Waals surface area contributed by atoms with Crippen molar-refractivity contribution in [1.29, 1.82) is 0 Å². The molecular formula is C22H37N3O. The molecule has 1 N–H and O–H groups in total. The van der Waals surface area contributed by atoms with Gasteiger partial charge < -0.3 is 10.2 Å². The molecule has 2 aliphatic carbocycles. The molecule has 2 atom stereocenters. The summed E-state index contributed by atoms with van der Waals surface area (Å²) in [5.41, 5.74) is -0.391. The first-order valence-corrected chi connectivity index (χ1v) is 10.8. The molecule has 2 unspecified atom stereocenters. The van der Waals surface area contributed by atoms with Gasteiger partial charge in [0.1, 0.15) is 11.6 Å². The molecule has 0 radical (unpaired) electrons. The highest BCUT2D eigenvalue weighted by Gasteiger charge is 2.44. The molecule has 3 aliphatic rings. The van der Waals surface area contributed by atoms with Gasteiger partial charge in [0.15, 0.2) is 0 Å². The lowest BCUT2D eigenvalue weighted by Gasteiger charge is -2.39. The SMILES string of the molecule is CN(C)C(=O)C(NCC1CCCCC1)C1(CC2CCCCC2)C=CC=N1. The fourth-order valence-corrected chi connectivity index (χ4v) is 5.11. The predicted molar refractivity (Wildman–Crippen MR) is 109 cm³/mol. The topological polar surface area (TPSA) is 44.7 Å². The summed E-state index contributed by atoms with van der Waals surface area (Å²) in [6, 6.07) is -0.239. The molecule has 26 heavy (non-hydrogen) atoms. The number of carbonyl (C=O) groups is 1. The molecule has 4 nitrogen and oxygen atoms in total. The Morgan fingerprint density at radius 1 is 1.08 bits per heavy atom. The molecule has 3 rings (SSSR count). The molecule has 0 bridgehead atoms. The maximum atomic E-state index is 13.1. The van der Waals surface area contributed by atoms with Crippen molar-refractivity contribution in [3.63, 3.8) is 0 Å². The minimum Gasteiger partial charge on any atom is -0.347 e. The number of rotatable bonds is 7. The maximum absolute atomic E-state index is 13.1. The van der Waals surface area contributed by atoms with E-state index in [1.807, 2.05) is 26.4 Å². The minimum absolute atomic E-state index is 0.167. The molecule has 0 aromatic rings.